The van der Waals surface area contributed by atoms with Crippen LogP contribution in [0.25, 0.3) is 0 Å². The molecule has 0 bridgehead atoms. The number of nitrogens with one attached hydrogen (secondary N) is 1. The van der Waals surface area contributed by atoms with Gasteiger partial charge in [0, 0.05) is 33.4 Å². The Hall–Kier alpha value is -2.47. The number of benzene rings is 1. The van der Waals surface area contributed by atoms with E-state index in [-0.39, 0.29) is 0 Å². The molecular formula is C18H26N6. The Labute approximate surface area is 143 Å². The molecule has 128 valence electrons. The first-order valence-corrected chi connectivity index (χ1v) is 8.14. The Kier molecular flexibility index (Phi) is 6.69. The van der Waals surface area contributed by atoms with Gasteiger partial charge >= 0.3 is 0 Å². The predicted molar refractivity (Wildman–Crippen MR) is 97.1 cm³/mol. The lowest BCUT2D eigenvalue weighted by Crippen LogP contribution is -2.19. The third-order valence-corrected chi connectivity index (χ3v) is 3.56. The van der Waals surface area contributed by atoms with Crippen LogP contribution in [-0.2, 0) is 20.1 Å². The molecule has 0 unspecified atom stereocenters. The zero-order valence-corrected chi connectivity index (χ0v) is 14.9. The van der Waals surface area contributed by atoms with Crippen LogP contribution in [0.1, 0.15) is 23.7 Å². The molecule has 0 saturated heterocycles. The van der Waals surface area contributed by atoms with Gasteiger partial charge in [0.25, 0.3) is 0 Å². The molecule has 0 amide bonds. The summed E-state index contributed by atoms with van der Waals surface area (Å²) in [5.41, 5.74) is 3.40. The molecule has 0 radical (unpaired) electrons. The summed E-state index contributed by atoms with van der Waals surface area (Å²) < 4.78 is 1.76. The highest BCUT2D eigenvalue weighted by Gasteiger charge is 2.04. The molecule has 1 aromatic heterocycles. The van der Waals surface area contributed by atoms with Gasteiger partial charge in [0.05, 0.1) is 5.69 Å². The molecule has 0 fully saturated rings. The van der Waals surface area contributed by atoms with E-state index in [1.165, 1.54) is 11.1 Å². The van der Waals surface area contributed by atoms with Crippen molar-refractivity contribution in [2.75, 3.05) is 18.5 Å². The van der Waals surface area contributed by atoms with E-state index in [4.69, 9.17) is 0 Å². The van der Waals surface area contributed by atoms with Crippen molar-refractivity contribution in [3.8, 4) is 0 Å². The topological polar surface area (TPSA) is 58.9 Å². The van der Waals surface area contributed by atoms with E-state index in [2.05, 4.69) is 58.5 Å². The summed E-state index contributed by atoms with van der Waals surface area (Å²) in [6.07, 6.45) is 3.46. The highest BCUT2D eigenvalue weighted by molar-refractivity contribution is 5.30. The van der Waals surface area contributed by atoms with E-state index in [1.807, 2.05) is 31.3 Å². The van der Waals surface area contributed by atoms with Crippen molar-refractivity contribution in [1.82, 2.24) is 25.1 Å². The van der Waals surface area contributed by atoms with Crippen LogP contribution in [0.4, 0.5) is 5.95 Å². The van der Waals surface area contributed by atoms with Crippen LogP contribution in [-0.4, -0.2) is 33.3 Å². The zero-order chi connectivity index (χ0) is 17.4. The van der Waals surface area contributed by atoms with Gasteiger partial charge in [-0.25, -0.2) is 9.97 Å². The molecule has 1 heterocycles. The monoisotopic (exact) mass is 326 g/mol. The summed E-state index contributed by atoms with van der Waals surface area (Å²) in [6.45, 7) is 6.51. The molecule has 6 nitrogen and oxygen atoms in total. The molecule has 0 spiro atoms. The highest BCUT2D eigenvalue weighted by Crippen LogP contribution is 2.09. The van der Waals surface area contributed by atoms with Crippen LogP contribution >= 0.6 is 0 Å². The zero-order valence-electron chi connectivity index (χ0n) is 14.9. The van der Waals surface area contributed by atoms with Crippen LogP contribution in [0.15, 0.2) is 42.9 Å². The van der Waals surface area contributed by atoms with Crippen LogP contribution in [0.3, 0.4) is 0 Å². The quantitative estimate of drug-likeness (QED) is 0.883. The second-order valence-corrected chi connectivity index (χ2v) is 5.78. The molecule has 2 rings (SSSR count). The SMILES string of the molecule is CCNCc1ccn(C)nc(N(C)Cc2ccc(C)cc2)ncn1. The van der Waals surface area contributed by atoms with Crippen LogP contribution in [0.2, 0.25) is 0 Å². The van der Waals surface area contributed by atoms with Crippen molar-refractivity contribution in [2.24, 2.45) is 7.05 Å². The molecule has 0 saturated carbocycles. The van der Waals surface area contributed by atoms with Crippen molar-refractivity contribution in [2.45, 2.75) is 26.9 Å². The van der Waals surface area contributed by atoms with Gasteiger partial charge in [0.15, 0.2) is 0 Å². The van der Waals surface area contributed by atoms with Crippen molar-refractivity contribution < 1.29 is 0 Å². The number of rotatable bonds is 6. The minimum absolute atomic E-state index is 0.621. The van der Waals surface area contributed by atoms with Gasteiger partial charge in [-0.05, 0) is 25.1 Å². The summed E-state index contributed by atoms with van der Waals surface area (Å²) in [4.78, 5) is 10.8. The first-order chi connectivity index (χ1) is 11.6. The lowest BCUT2D eigenvalue weighted by atomic mass is 10.1. The average molecular weight is 326 g/mol. The minimum Gasteiger partial charge on any atom is -0.338 e. The third kappa shape index (κ3) is 5.62. The Bertz CT molecular complexity index is 691. The fourth-order valence-corrected chi connectivity index (χ4v) is 2.16. The van der Waals surface area contributed by atoms with Crippen LogP contribution in [0, 0.1) is 6.92 Å². The van der Waals surface area contributed by atoms with Crippen LogP contribution < -0.4 is 10.2 Å². The van der Waals surface area contributed by atoms with Crippen LogP contribution in [0.5, 0.6) is 0 Å². The van der Waals surface area contributed by atoms with E-state index in [1.54, 1.807) is 11.0 Å². The number of aromatic nitrogens is 4. The number of hydrogen-bond acceptors (Lipinski definition) is 5. The number of aryl methyl sites for hydroxylation is 2. The summed E-state index contributed by atoms with van der Waals surface area (Å²) in [5.74, 6) is 0.621. The highest BCUT2D eigenvalue weighted by atomic mass is 15.3. The maximum atomic E-state index is 4.52. The van der Waals surface area contributed by atoms with E-state index in [9.17, 15) is 0 Å². The normalized spacial score (nSPS) is 10.3. The van der Waals surface area contributed by atoms with E-state index < -0.39 is 0 Å². The standard InChI is InChI=1S/C18H26N6/c1-5-19-12-17-10-11-24(4)22-18(21-14-20-17)23(3)13-16-8-6-15(2)7-9-16/h6-11,14,19H,5,12-13H2,1-4H3. The molecule has 24 heavy (non-hydrogen) atoms. The van der Waals surface area contributed by atoms with Gasteiger partial charge in [-0.3, -0.25) is 4.68 Å². The number of anilines is 1. The van der Waals surface area contributed by atoms with E-state index in [0.29, 0.717) is 12.5 Å². The molecule has 6 heteroatoms. The lowest BCUT2D eigenvalue weighted by Gasteiger charge is -2.16. The molecule has 1 N–H and O–H groups in total. The maximum absolute atomic E-state index is 4.52. The number of nitrogens with zero attached hydrogens (tertiary/aromatic N) is 5. The molecule has 1 aromatic carbocycles. The van der Waals surface area contributed by atoms with E-state index >= 15 is 0 Å². The Morgan fingerprint density at radius 3 is 2.58 bits per heavy atom. The molecule has 0 atom stereocenters. The number of hydrogen-bond donors (Lipinski definition) is 1. The predicted octanol–water partition coefficient (Wildman–Crippen LogP) is 2.39. The second kappa shape index (κ2) is 8.98. The summed E-state index contributed by atoms with van der Waals surface area (Å²) in [7, 11) is 3.87. The van der Waals surface area contributed by atoms with Gasteiger partial charge < -0.3 is 10.2 Å². The summed E-state index contributed by atoms with van der Waals surface area (Å²) in [6, 6.07) is 10.4. The Balaban J connectivity index is 2.23. The molecule has 0 aliphatic carbocycles. The van der Waals surface area contributed by atoms with Crippen molar-refractivity contribution in [1.29, 1.82) is 0 Å². The third-order valence-electron chi connectivity index (χ3n) is 3.56. The van der Waals surface area contributed by atoms with Crippen molar-refractivity contribution in [3.05, 3.63) is 59.7 Å². The maximum Gasteiger partial charge on any atom is 0.244 e. The Morgan fingerprint density at radius 1 is 1.12 bits per heavy atom. The van der Waals surface area contributed by atoms with Gasteiger partial charge in [-0.1, -0.05) is 36.8 Å². The summed E-state index contributed by atoms with van der Waals surface area (Å²) >= 11 is 0. The molecule has 0 aliphatic heterocycles. The smallest absolute Gasteiger partial charge is 0.244 e. The van der Waals surface area contributed by atoms with Gasteiger partial charge in [0.2, 0.25) is 5.95 Å². The molecular weight excluding hydrogens is 300 g/mol. The fraction of sp³-hybridized carbons (Fsp3) is 0.389. The molecule has 2 aromatic rings. The lowest BCUT2D eigenvalue weighted by molar-refractivity contribution is 0.705. The van der Waals surface area contributed by atoms with E-state index in [0.717, 1.165) is 18.8 Å². The second-order valence-electron chi connectivity index (χ2n) is 5.78. The minimum atomic E-state index is 0.621. The fourth-order valence-electron chi connectivity index (χ4n) is 2.16. The summed E-state index contributed by atoms with van der Waals surface area (Å²) in [5, 5.41) is 7.78. The largest absolute Gasteiger partial charge is 0.338 e. The van der Waals surface area contributed by atoms with Gasteiger partial charge in [-0.2, -0.15) is 0 Å². The van der Waals surface area contributed by atoms with Crippen molar-refractivity contribution in [3.63, 3.8) is 0 Å². The van der Waals surface area contributed by atoms with Gasteiger partial charge in [-0.15, -0.1) is 5.10 Å². The first kappa shape index (κ1) is 17.9. The molecule has 0 aliphatic rings. The van der Waals surface area contributed by atoms with Crippen molar-refractivity contribution >= 4 is 5.95 Å². The Morgan fingerprint density at radius 2 is 1.88 bits per heavy atom. The van der Waals surface area contributed by atoms with Gasteiger partial charge in [0.1, 0.15) is 6.33 Å². The first-order valence-electron chi connectivity index (χ1n) is 8.14. The average Bonchev–Trinajstić information content (AvgIpc) is 2.66.